The van der Waals surface area contributed by atoms with E-state index in [4.69, 9.17) is 14.2 Å². The summed E-state index contributed by atoms with van der Waals surface area (Å²) in [5.41, 5.74) is 1.10. The van der Waals surface area contributed by atoms with Crippen LogP contribution in [0, 0.1) is 0 Å². The van der Waals surface area contributed by atoms with Crippen LogP contribution in [-0.4, -0.2) is 40.8 Å². The van der Waals surface area contributed by atoms with Crippen molar-refractivity contribution in [3.63, 3.8) is 0 Å². The van der Waals surface area contributed by atoms with Gasteiger partial charge in [0.1, 0.15) is 30.0 Å². The summed E-state index contributed by atoms with van der Waals surface area (Å²) in [6.07, 6.45) is 1.08. The van der Waals surface area contributed by atoms with Crippen molar-refractivity contribution in [2.75, 3.05) is 26.3 Å². The molecule has 0 amide bonds. The van der Waals surface area contributed by atoms with Gasteiger partial charge in [0, 0.05) is 18.0 Å². The second-order valence-corrected chi connectivity index (χ2v) is 8.66. The lowest BCUT2D eigenvalue weighted by Crippen LogP contribution is -2.39. The third kappa shape index (κ3) is 2.38. The van der Waals surface area contributed by atoms with Gasteiger partial charge in [-0.3, -0.25) is 0 Å². The van der Waals surface area contributed by atoms with Crippen molar-refractivity contribution >= 4 is 9.84 Å². The molecule has 136 valence electrons. The van der Waals surface area contributed by atoms with Gasteiger partial charge in [0.15, 0.2) is 11.5 Å². The minimum atomic E-state index is -3.74. The molecule has 2 aromatic carbocycles. The van der Waals surface area contributed by atoms with E-state index in [-0.39, 0.29) is 21.6 Å². The van der Waals surface area contributed by atoms with E-state index in [1.165, 1.54) is 0 Å². The lowest BCUT2D eigenvalue weighted by Gasteiger charge is -2.24. The zero-order valence-corrected chi connectivity index (χ0v) is 14.9. The summed E-state index contributed by atoms with van der Waals surface area (Å²) in [4.78, 5) is 0.345. The summed E-state index contributed by atoms with van der Waals surface area (Å²) in [5.74, 6) is 1.76. The second-order valence-electron chi connectivity index (χ2n) is 6.74. The molecule has 2 atom stereocenters. The number of ether oxygens (including phenoxy) is 3. The minimum absolute atomic E-state index is 0.0814. The smallest absolute Gasteiger partial charge is 0.210 e. The third-order valence-corrected chi connectivity index (χ3v) is 6.99. The van der Waals surface area contributed by atoms with E-state index in [2.05, 4.69) is 5.32 Å². The first-order valence-electron chi connectivity index (χ1n) is 8.79. The summed E-state index contributed by atoms with van der Waals surface area (Å²) in [6, 6.07) is 10.2. The predicted molar refractivity (Wildman–Crippen MR) is 94.0 cm³/mol. The van der Waals surface area contributed by atoms with Gasteiger partial charge in [-0.1, -0.05) is 12.1 Å². The largest absolute Gasteiger partial charge is 0.488 e. The highest BCUT2D eigenvalue weighted by atomic mass is 32.2. The molecule has 3 aliphatic rings. The molecule has 2 unspecified atom stereocenters. The molecule has 26 heavy (non-hydrogen) atoms. The van der Waals surface area contributed by atoms with E-state index in [0.29, 0.717) is 30.6 Å². The number of para-hydroxylation sites is 1. The molecule has 0 radical (unpaired) electrons. The molecule has 6 nitrogen and oxygen atoms in total. The fourth-order valence-corrected chi connectivity index (χ4v) is 5.37. The van der Waals surface area contributed by atoms with E-state index >= 15 is 0 Å². The van der Waals surface area contributed by atoms with Crippen LogP contribution in [0.25, 0.3) is 0 Å². The lowest BCUT2D eigenvalue weighted by molar-refractivity contribution is 0.167. The topological polar surface area (TPSA) is 73.9 Å². The summed E-state index contributed by atoms with van der Waals surface area (Å²) >= 11 is 0. The molecular weight excluding hydrogens is 354 g/mol. The van der Waals surface area contributed by atoms with E-state index in [0.717, 1.165) is 25.1 Å². The Labute approximate surface area is 152 Å². The fraction of sp³-hybridized carbons (Fsp3) is 0.368. The Morgan fingerprint density at radius 1 is 1.04 bits per heavy atom. The van der Waals surface area contributed by atoms with E-state index < -0.39 is 9.84 Å². The number of nitrogens with one attached hydrogen (secondary N) is 1. The van der Waals surface area contributed by atoms with Crippen LogP contribution in [0.2, 0.25) is 0 Å². The summed E-state index contributed by atoms with van der Waals surface area (Å²) in [6.45, 7) is 2.50. The molecule has 5 rings (SSSR count). The van der Waals surface area contributed by atoms with Crippen LogP contribution in [0.3, 0.4) is 0 Å². The maximum absolute atomic E-state index is 13.2. The van der Waals surface area contributed by atoms with Gasteiger partial charge in [0.25, 0.3) is 0 Å². The van der Waals surface area contributed by atoms with E-state index in [9.17, 15) is 8.42 Å². The molecular formula is C19H19NO5S. The van der Waals surface area contributed by atoms with Gasteiger partial charge in [0.2, 0.25) is 9.84 Å². The summed E-state index contributed by atoms with van der Waals surface area (Å²) < 4.78 is 43.5. The predicted octanol–water partition coefficient (Wildman–Crippen LogP) is 2.13. The number of benzene rings is 2. The first kappa shape index (κ1) is 16.0. The molecule has 0 bridgehead atoms. The minimum Gasteiger partial charge on any atom is -0.488 e. The van der Waals surface area contributed by atoms with Crippen LogP contribution in [0.4, 0.5) is 0 Å². The van der Waals surface area contributed by atoms with E-state index in [1.54, 1.807) is 30.3 Å². The van der Waals surface area contributed by atoms with Gasteiger partial charge < -0.3 is 19.5 Å². The van der Waals surface area contributed by atoms with Crippen LogP contribution < -0.4 is 19.5 Å². The number of hydrogen-bond donors (Lipinski definition) is 1. The Hall–Kier alpha value is -2.25. The molecule has 3 heterocycles. The maximum atomic E-state index is 13.2. The van der Waals surface area contributed by atoms with E-state index in [1.807, 2.05) is 6.07 Å². The molecule has 0 aliphatic carbocycles. The third-order valence-electron chi connectivity index (χ3n) is 5.22. The molecule has 1 N–H and O–H groups in total. The van der Waals surface area contributed by atoms with Crippen LogP contribution in [0.15, 0.2) is 46.2 Å². The average molecular weight is 373 g/mol. The fourth-order valence-electron chi connectivity index (χ4n) is 3.95. The number of fused-ring (bicyclic) bond motifs is 4. The lowest BCUT2D eigenvalue weighted by atomic mass is 9.90. The zero-order chi connectivity index (χ0) is 17.7. The maximum Gasteiger partial charge on any atom is 0.210 e. The molecule has 2 aromatic rings. The van der Waals surface area contributed by atoms with Crippen LogP contribution >= 0.6 is 0 Å². The van der Waals surface area contributed by atoms with Crippen LogP contribution in [0.1, 0.15) is 17.9 Å². The summed E-state index contributed by atoms with van der Waals surface area (Å²) in [7, 11) is -3.74. The second kappa shape index (κ2) is 5.89. The molecule has 1 saturated heterocycles. The SMILES string of the molecule is O=S(=O)(c1ccc2c(c1)OC1CNCCC21)c1cccc2c1OCCO2. The van der Waals surface area contributed by atoms with Gasteiger partial charge in [0.05, 0.1) is 4.90 Å². The first-order valence-corrected chi connectivity index (χ1v) is 10.3. The van der Waals surface area contributed by atoms with Crippen molar-refractivity contribution in [1.29, 1.82) is 0 Å². The molecule has 0 spiro atoms. The highest BCUT2D eigenvalue weighted by Gasteiger charge is 2.37. The van der Waals surface area contributed by atoms with Gasteiger partial charge in [-0.15, -0.1) is 0 Å². The standard InChI is InChI=1S/C19H19NO5S/c21-26(22,18-3-1-2-15-19(18)24-9-8-23-15)12-4-5-13-14-6-7-20-11-17(14)25-16(13)10-12/h1-5,10,14,17,20H,6-9,11H2. The molecule has 0 saturated carbocycles. The van der Waals surface area contributed by atoms with Gasteiger partial charge in [-0.25, -0.2) is 8.42 Å². The number of rotatable bonds is 2. The quantitative estimate of drug-likeness (QED) is 0.869. The van der Waals surface area contributed by atoms with Crippen molar-refractivity contribution in [1.82, 2.24) is 5.32 Å². The molecule has 0 aromatic heterocycles. The highest BCUT2D eigenvalue weighted by molar-refractivity contribution is 7.91. The Morgan fingerprint density at radius 3 is 2.85 bits per heavy atom. The van der Waals surface area contributed by atoms with Crippen molar-refractivity contribution in [3.8, 4) is 17.2 Å². The van der Waals surface area contributed by atoms with Gasteiger partial charge in [-0.2, -0.15) is 0 Å². The Morgan fingerprint density at radius 2 is 1.92 bits per heavy atom. The van der Waals surface area contributed by atoms with Gasteiger partial charge in [-0.05, 0) is 37.2 Å². The first-order chi connectivity index (χ1) is 12.6. The highest BCUT2D eigenvalue weighted by Crippen LogP contribution is 2.44. The summed E-state index contributed by atoms with van der Waals surface area (Å²) in [5, 5.41) is 3.32. The average Bonchev–Trinajstić information content (AvgIpc) is 3.05. The van der Waals surface area contributed by atoms with Crippen molar-refractivity contribution in [2.24, 2.45) is 0 Å². The zero-order valence-electron chi connectivity index (χ0n) is 14.1. The number of sulfone groups is 1. The molecule has 3 aliphatic heterocycles. The Balaban J connectivity index is 1.57. The van der Waals surface area contributed by atoms with Crippen molar-refractivity contribution in [2.45, 2.75) is 28.2 Å². The normalized spacial score (nSPS) is 23.7. The van der Waals surface area contributed by atoms with Crippen LogP contribution in [-0.2, 0) is 9.84 Å². The van der Waals surface area contributed by atoms with Crippen molar-refractivity contribution in [3.05, 3.63) is 42.0 Å². The number of hydrogen-bond acceptors (Lipinski definition) is 6. The Bertz CT molecular complexity index is 972. The Kier molecular flexibility index (Phi) is 3.62. The van der Waals surface area contributed by atoms with Crippen LogP contribution in [0.5, 0.6) is 17.2 Å². The molecule has 7 heteroatoms. The monoisotopic (exact) mass is 373 g/mol. The van der Waals surface area contributed by atoms with Crippen molar-refractivity contribution < 1.29 is 22.6 Å². The van der Waals surface area contributed by atoms with Gasteiger partial charge >= 0.3 is 0 Å². The molecule has 1 fully saturated rings. The number of piperidine rings is 1.